The minimum Gasteiger partial charge on any atom is -0.326 e. The van der Waals surface area contributed by atoms with E-state index < -0.39 is 0 Å². The fourth-order valence-corrected chi connectivity index (χ4v) is 4.43. The minimum absolute atomic E-state index is 0.832. The molecule has 2 aromatic heterocycles. The molecule has 0 aliphatic rings. The Morgan fingerprint density at radius 2 is 0.848 bits per heavy atom. The van der Waals surface area contributed by atoms with Crippen LogP contribution in [0.15, 0.2) is 110 Å². The van der Waals surface area contributed by atoms with Gasteiger partial charge in [0, 0.05) is 13.1 Å². The number of imidazole rings is 2. The van der Waals surface area contributed by atoms with Crippen LogP contribution in [-0.4, -0.2) is 19.1 Å². The maximum absolute atomic E-state index is 4.49. The summed E-state index contributed by atoms with van der Waals surface area (Å²) >= 11 is 0. The summed E-state index contributed by atoms with van der Waals surface area (Å²) in [5.41, 5.74) is 9.63. The molecule has 4 nitrogen and oxygen atoms in total. The summed E-state index contributed by atoms with van der Waals surface area (Å²) in [6, 6.07) is 34.4. The van der Waals surface area contributed by atoms with Gasteiger partial charge in [-0.1, -0.05) is 72.8 Å². The van der Waals surface area contributed by atoms with E-state index in [-0.39, 0.29) is 0 Å². The van der Waals surface area contributed by atoms with Gasteiger partial charge < -0.3 is 9.13 Å². The summed E-state index contributed by atoms with van der Waals surface area (Å²) in [5, 5.41) is 0. The smallest absolute Gasteiger partial charge is 0.0961 e. The fraction of sp³-hybridized carbons (Fsp3) is 0.103. The second-order valence-electron chi connectivity index (χ2n) is 8.53. The number of benzene rings is 4. The molecular formula is C29H24N4. The van der Waals surface area contributed by atoms with Crippen molar-refractivity contribution in [2.45, 2.75) is 19.5 Å². The molecule has 0 saturated carbocycles. The van der Waals surface area contributed by atoms with Crippen molar-refractivity contribution in [1.82, 2.24) is 19.1 Å². The molecule has 0 N–H and O–H groups in total. The Hall–Kier alpha value is -4.18. The van der Waals surface area contributed by atoms with Crippen LogP contribution in [0, 0.1) is 0 Å². The Morgan fingerprint density at radius 3 is 1.30 bits per heavy atom. The van der Waals surface area contributed by atoms with E-state index >= 15 is 0 Å². The lowest BCUT2D eigenvalue weighted by Gasteiger charge is -2.08. The second kappa shape index (κ2) is 8.40. The molecule has 0 fully saturated rings. The molecule has 0 spiro atoms. The van der Waals surface area contributed by atoms with Crippen molar-refractivity contribution < 1.29 is 0 Å². The zero-order valence-electron chi connectivity index (χ0n) is 18.3. The molecule has 0 radical (unpaired) electrons. The predicted octanol–water partition coefficient (Wildman–Crippen LogP) is 6.07. The molecule has 160 valence electrons. The van der Waals surface area contributed by atoms with Crippen molar-refractivity contribution in [2.24, 2.45) is 0 Å². The highest BCUT2D eigenvalue weighted by atomic mass is 15.0. The minimum atomic E-state index is 0.832. The molecule has 4 heteroatoms. The number of aromatic nitrogens is 4. The van der Waals surface area contributed by atoms with Crippen LogP contribution in [-0.2, 0) is 19.5 Å². The number of para-hydroxylation sites is 4. The van der Waals surface area contributed by atoms with Gasteiger partial charge in [0.1, 0.15) is 0 Å². The Labute approximate surface area is 192 Å². The van der Waals surface area contributed by atoms with Gasteiger partial charge >= 0.3 is 0 Å². The molecule has 2 heterocycles. The van der Waals surface area contributed by atoms with E-state index in [1.807, 2.05) is 24.8 Å². The molecular weight excluding hydrogens is 404 g/mol. The van der Waals surface area contributed by atoms with Gasteiger partial charge in [-0.05, 0) is 52.9 Å². The molecule has 0 unspecified atom stereocenters. The number of rotatable bonds is 6. The Balaban J connectivity index is 1.12. The van der Waals surface area contributed by atoms with Gasteiger partial charge in [0.25, 0.3) is 0 Å². The summed E-state index contributed by atoms with van der Waals surface area (Å²) in [7, 11) is 0. The zero-order valence-corrected chi connectivity index (χ0v) is 18.3. The van der Waals surface area contributed by atoms with Crippen molar-refractivity contribution in [1.29, 1.82) is 0 Å². The van der Waals surface area contributed by atoms with E-state index in [1.165, 1.54) is 33.3 Å². The maximum atomic E-state index is 4.49. The summed E-state index contributed by atoms with van der Waals surface area (Å²) in [4.78, 5) is 8.98. The topological polar surface area (TPSA) is 35.6 Å². The standard InChI is InChI=1S/C29H24N4/c1-3-7-28-26(5-1)30-20-32(28)18-24-13-9-22(10-14-24)17-23-11-15-25(16-12-23)19-33-21-31-27-6-2-4-8-29(27)33/h1-16,20-21H,17-19H2. The molecule has 6 aromatic rings. The number of hydrogen-bond donors (Lipinski definition) is 0. The van der Waals surface area contributed by atoms with Crippen LogP contribution in [0.4, 0.5) is 0 Å². The number of nitrogens with zero attached hydrogens (tertiary/aromatic N) is 4. The molecule has 0 bridgehead atoms. The van der Waals surface area contributed by atoms with Gasteiger partial charge in [0.05, 0.1) is 34.7 Å². The van der Waals surface area contributed by atoms with Gasteiger partial charge in [-0.2, -0.15) is 0 Å². The molecule has 0 amide bonds. The highest BCUT2D eigenvalue weighted by Crippen LogP contribution is 2.18. The van der Waals surface area contributed by atoms with E-state index in [9.17, 15) is 0 Å². The van der Waals surface area contributed by atoms with Gasteiger partial charge in [-0.25, -0.2) is 9.97 Å². The summed E-state index contributed by atoms with van der Waals surface area (Å²) in [6.45, 7) is 1.66. The third kappa shape index (κ3) is 4.03. The van der Waals surface area contributed by atoms with Crippen LogP contribution in [0.3, 0.4) is 0 Å². The molecule has 4 aromatic carbocycles. The third-order valence-corrected chi connectivity index (χ3v) is 6.21. The first-order valence-electron chi connectivity index (χ1n) is 11.3. The van der Waals surface area contributed by atoms with Crippen LogP contribution in [0.25, 0.3) is 22.1 Å². The van der Waals surface area contributed by atoms with Gasteiger partial charge in [-0.3, -0.25) is 0 Å². The fourth-order valence-electron chi connectivity index (χ4n) is 4.43. The van der Waals surface area contributed by atoms with E-state index in [4.69, 9.17) is 0 Å². The Bertz CT molecular complexity index is 1400. The van der Waals surface area contributed by atoms with Crippen molar-refractivity contribution in [3.63, 3.8) is 0 Å². The van der Waals surface area contributed by atoms with Crippen molar-refractivity contribution in [3.8, 4) is 0 Å². The Kier molecular flexibility index (Phi) is 4.96. The van der Waals surface area contributed by atoms with Crippen LogP contribution in [0.5, 0.6) is 0 Å². The normalized spacial score (nSPS) is 11.4. The zero-order chi connectivity index (χ0) is 22.0. The largest absolute Gasteiger partial charge is 0.326 e. The summed E-state index contributed by atoms with van der Waals surface area (Å²) < 4.78 is 4.40. The lowest BCUT2D eigenvalue weighted by Crippen LogP contribution is -1.99. The Morgan fingerprint density at radius 1 is 0.455 bits per heavy atom. The first kappa shape index (κ1) is 19.5. The highest BCUT2D eigenvalue weighted by Gasteiger charge is 2.05. The number of hydrogen-bond acceptors (Lipinski definition) is 2. The van der Waals surface area contributed by atoms with Gasteiger partial charge in [0.15, 0.2) is 0 Å². The van der Waals surface area contributed by atoms with Crippen LogP contribution < -0.4 is 0 Å². The maximum Gasteiger partial charge on any atom is 0.0961 e. The van der Waals surface area contributed by atoms with Crippen LogP contribution in [0.2, 0.25) is 0 Å². The first-order chi connectivity index (χ1) is 16.3. The molecule has 33 heavy (non-hydrogen) atoms. The van der Waals surface area contributed by atoms with E-state index in [1.54, 1.807) is 0 Å². The average molecular weight is 429 g/mol. The van der Waals surface area contributed by atoms with E-state index in [2.05, 4.69) is 104 Å². The average Bonchev–Trinajstić information content (AvgIpc) is 3.46. The van der Waals surface area contributed by atoms with Gasteiger partial charge in [-0.15, -0.1) is 0 Å². The monoisotopic (exact) mass is 428 g/mol. The molecule has 0 aliphatic carbocycles. The molecule has 0 atom stereocenters. The first-order valence-corrected chi connectivity index (χ1v) is 11.3. The second-order valence-corrected chi connectivity index (χ2v) is 8.53. The number of fused-ring (bicyclic) bond motifs is 2. The predicted molar refractivity (Wildman–Crippen MR) is 133 cm³/mol. The summed E-state index contributed by atoms with van der Waals surface area (Å²) in [6.07, 6.45) is 4.78. The van der Waals surface area contributed by atoms with Crippen molar-refractivity contribution >= 4 is 22.1 Å². The lowest BCUT2D eigenvalue weighted by molar-refractivity contribution is 0.823. The van der Waals surface area contributed by atoms with Crippen molar-refractivity contribution in [2.75, 3.05) is 0 Å². The van der Waals surface area contributed by atoms with E-state index in [0.717, 1.165) is 30.5 Å². The van der Waals surface area contributed by atoms with Crippen molar-refractivity contribution in [3.05, 3.63) is 132 Å². The van der Waals surface area contributed by atoms with Crippen LogP contribution >= 0.6 is 0 Å². The molecule has 0 aliphatic heterocycles. The van der Waals surface area contributed by atoms with Gasteiger partial charge in [0.2, 0.25) is 0 Å². The molecule has 6 rings (SSSR count). The third-order valence-electron chi connectivity index (χ3n) is 6.21. The molecule has 0 saturated heterocycles. The highest BCUT2D eigenvalue weighted by molar-refractivity contribution is 5.75. The van der Waals surface area contributed by atoms with Crippen LogP contribution in [0.1, 0.15) is 22.3 Å². The lowest BCUT2D eigenvalue weighted by atomic mass is 10.0. The SMILES string of the molecule is c1ccc2c(c1)ncn2Cc1ccc(Cc2ccc(Cn3cnc4ccccc43)cc2)cc1. The summed E-state index contributed by atoms with van der Waals surface area (Å²) in [5.74, 6) is 0. The quantitative estimate of drug-likeness (QED) is 0.323. The van der Waals surface area contributed by atoms with E-state index in [0.29, 0.717) is 0 Å².